The Morgan fingerprint density at radius 1 is 1.36 bits per heavy atom. The van der Waals surface area contributed by atoms with Gasteiger partial charge in [0.05, 0.1) is 12.1 Å². The number of nitrogen functional groups attached to an aromatic ring is 1. The van der Waals surface area contributed by atoms with Crippen molar-refractivity contribution in [3.8, 4) is 0 Å². The van der Waals surface area contributed by atoms with Crippen molar-refractivity contribution in [1.82, 2.24) is 4.98 Å². The topological polar surface area (TPSA) is 71.2 Å². The van der Waals surface area contributed by atoms with Gasteiger partial charge in [0.1, 0.15) is 0 Å². The van der Waals surface area contributed by atoms with E-state index < -0.39 is 0 Å². The van der Waals surface area contributed by atoms with E-state index in [1.165, 1.54) is 17.0 Å². The molecule has 2 aromatic rings. The molecular formula is C16H22N4OS. The molecule has 0 fully saturated rings. The van der Waals surface area contributed by atoms with Gasteiger partial charge in [0.2, 0.25) is 5.91 Å². The lowest BCUT2D eigenvalue weighted by atomic mass is 10.1. The number of benzene rings is 1. The van der Waals surface area contributed by atoms with Crippen LogP contribution in [0.2, 0.25) is 0 Å². The van der Waals surface area contributed by atoms with Gasteiger partial charge < -0.3 is 16.0 Å². The second kappa shape index (κ2) is 7.26. The lowest BCUT2D eigenvalue weighted by molar-refractivity contribution is -0.115. The predicted molar refractivity (Wildman–Crippen MR) is 93.6 cm³/mol. The third kappa shape index (κ3) is 3.98. The van der Waals surface area contributed by atoms with Gasteiger partial charge in [-0.15, -0.1) is 11.3 Å². The van der Waals surface area contributed by atoms with Crippen LogP contribution in [0, 0.1) is 6.92 Å². The van der Waals surface area contributed by atoms with Crippen LogP contribution in [0.3, 0.4) is 0 Å². The largest absolute Gasteiger partial charge is 0.375 e. The molecule has 0 aliphatic rings. The highest BCUT2D eigenvalue weighted by atomic mass is 32.1. The van der Waals surface area contributed by atoms with Crippen molar-refractivity contribution >= 4 is 33.8 Å². The van der Waals surface area contributed by atoms with Crippen molar-refractivity contribution in [2.24, 2.45) is 0 Å². The molecule has 0 aliphatic carbocycles. The van der Waals surface area contributed by atoms with Gasteiger partial charge in [0, 0.05) is 29.8 Å². The minimum absolute atomic E-state index is 0.0796. The van der Waals surface area contributed by atoms with Gasteiger partial charge in [-0.3, -0.25) is 4.79 Å². The average molecular weight is 318 g/mol. The number of thiazole rings is 1. The SMILES string of the molecule is CCN(CC)c1ccc(NC(=O)Cc2csc(N)n2)c(C)c1. The molecular weight excluding hydrogens is 296 g/mol. The molecule has 5 nitrogen and oxygen atoms in total. The minimum atomic E-state index is -0.0796. The maximum atomic E-state index is 12.1. The van der Waals surface area contributed by atoms with Crippen LogP contribution < -0.4 is 16.0 Å². The molecule has 0 bridgehead atoms. The molecule has 0 aliphatic heterocycles. The molecule has 1 aromatic heterocycles. The molecule has 118 valence electrons. The number of anilines is 3. The summed E-state index contributed by atoms with van der Waals surface area (Å²) >= 11 is 1.35. The van der Waals surface area contributed by atoms with Crippen LogP contribution >= 0.6 is 11.3 Å². The summed E-state index contributed by atoms with van der Waals surface area (Å²) in [6, 6.07) is 6.09. The van der Waals surface area contributed by atoms with Crippen LogP contribution in [0.15, 0.2) is 23.6 Å². The summed E-state index contributed by atoms with van der Waals surface area (Å²) < 4.78 is 0. The molecule has 0 atom stereocenters. The summed E-state index contributed by atoms with van der Waals surface area (Å²) in [6.45, 7) is 8.20. The zero-order valence-electron chi connectivity index (χ0n) is 13.2. The second-order valence-corrected chi connectivity index (χ2v) is 5.96. The van der Waals surface area contributed by atoms with Crippen LogP contribution in [-0.4, -0.2) is 24.0 Å². The van der Waals surface area contributed by atoms with Crippen LogP contribution in [-0.2, 0) is 11.2 Å². The summed E-state index contributed by atoms with van der Waals surface area (Å²) in [5.41, 5.74) is 9.34. The third-order valence-corrected chi connectivity index (χ3v) is 4.25. The van der Waals surface area contributed by atoms with Gasteiger partial charge in [-0.25, -0.2) is 4.98 Å². The van der Waals surface area contributed by atoms with Crippen LogP contribution in [0.1, 0.15) is 25.1 Å². The van der Waals surface area contributed by atoms with Gasteiger partial charge in [-0.1, -0.05) is 0 Å². The van der Waals surface area contributed by atoms with E-state index in [-0.39, 0.29) is 12.3 Å². The van der Waals surface area contributed by atoms with Gasteiger partial charge in [-0.2, -0.15) is 0 Å². The summed E-state index contributed by atoms with van der Waals surface area (Å²) in [5.74, 6) is -0.0796. The van der Waals surface area contributed by atoms with Crippen molar-refractivity contribution in [2.75, 3.05) is 29.0 Å². The predicted octanol–water partition coefficient (Wildman–Crippen LogP) is 3.06. The number of carbonyl (C=O) groups is 1. The highest BCUT2D eigenvalue weighted by Gasteiger charge is 2.10. The van der Waals surface area contributed by atoms with Crippen molar-refractivity contribution in [2.45, 2.75) is 27.2 Å². The number of nitrogens with one attached hydrogen (secondary N) is 1. The first-order valence-corrected chi connectivity index (χ1v) is 8.26. The van der Waals surface area contributed by atoms with E-state index in [9.17, 15) is 4.79 Å². The zero-order chi connectivity index (χ0) is 16.1. The van der Waals surface area contributed by atoms with Crippen LogP contribution in [0.4, 0.5) is 16.5 Å². The monoisotopic (exact) mass is 318 g/mol. The molecule has 2 rings (SSSR count). The maximum absolute atomic E-state index is 12.1. The van der Waals surface area contributed by atoms with Crippen molar-refractivity contribution in [3.63, 3.8) is 0 Å². The lowest BCUT2D eigenvalue weighted by Crippen LogP contribution is -2.22. The minimum Gasteiger partial charge on any atom is -0.375 e. The zero-order valence-corrected chi connectivity index (χ0v) is 14.0. The smallest absolute Gasteiger partial charge is 0.230 e. The van der Waals surface area contributed by atoms with E-state index in [1.807, 2.05) is 24.4 Å². The summed E-state index contributed by atoms with van der Waals surface area (Å²) in [4.78, 5) is 18.5. The summed E-state index contributed by atoms with van der Waals surface area (Å²) in [5, 5.41) is 5.24. The Morgan fingerprint density at radius 3 is 2.64 bits per heavy atom. The van der Waals surface area contributed by atoms with E-state index in [0.717, 1.165) is 24.3 Å². The first-order chi connectivity index (χ1) is 10.5. The quantitative estimate of drug-likeness (QED) is 0.858. The fraction of sp³-hybridized carbons (Fsp3) is 0.375. The molecule has 0 saturated heterocycles. The molecule has 22 heavy (non-hydrogen) atoms. The van der Waals surface area contributed by atoms with Gasteiger partial charge in [-0.05, 0) is 44.5 Å². The Balaban J connectivity index is 2.05. The maximum Gasteiger partial charge on any atom is 0.230 e. The van der Waals surface area contributed by atoms with E-state index in [2.05, 4.69) is 35.1 Å². The van der Waals surface area contributed by atoms with Gasteiger partial charge >= 0.3 is 0 Å². The molecule has 6 heteroatoms. The Kier molecular flexibility index (Phi) is 5.38. The van der Waals surface area contributed by atoms with Crippen LogP contribution in [0.25, 0.3) is 0 Å². The Labute approximate surface area is 135 Å². The fourth-order valence-corrected chi connectivity index (χ4v) is 2.90. The molecule has 3 N–H and O–H groups in total. The van der Waals surface area contributed by atoms with Gasteiger partial charge in [0.15, 0.2) is 5.13 Å². The van der Waals surface area contributed by atoms with Crippen molar-refractivity contribution < 1.29 is 4.79 Å². The Bertz CT molecular complexity index is 649. The molecule has 1 aromatic carbocycles. The van der Waals surface area contributed by atoms with E-state index in [0.29, 0.717) is 10.8 Å². The summed E-state index contributed by atoms with van der Waals surface area (Å²) in [7, 11) is 0. The first-order valence-electron chi connectivity index (χ1n) is 7.38. The third-order valence-electron chi connectivity index (χ3n) is 3.52. The molecule has 0 radical (unpaired) electrons. The number of carbonyl (C=O) groups excluding carboxylic acids is 1. The highest BCUT2D eigenvalue weighted by Crippen LogP contribution is 2.23. The Morgan fingerprint density at radius 2 is 2.09 bits per heavy atom. The number of aryl methyl sites for hydroxylation is 1. The molecule has 1 heterocycles. The van der Waals surface area contributed by atoms with E-state index >= 15 is 0 Å². The average Bonchev–Trinajstić information content (AvgIpc) is 2.88. The van der Waals surface area contributed by atoms with Crippen molar-refractivity contribution in [1.29, 1.82) is 0 Å². The first kappa shape index (κ1) is 16.3. The number of nitrogens with two attached hydrogens (primary N) is 1. The molecule has 0 unspecified atom stereocenters. The van der Waals surface area contributed by atoms with E-state index in [1.54, 1.807) is 0 Å². The lowest BCUT2D eigenvalue weighted by Gasteiger charge is -2.22. The second-order valence-electron chi connectivity index (χ2n) is 5.07. The number of nitrogens with zero attached hydrogens (tertiary/aromatic N) is 2. The standard InChI is InChI=1S/C16H22N4OS/c1-4-20(5-2)13-6-7-14(11(3)8-13)19-15(21)9-12-10-22-16(17)18-12/h6-8,10H,4-5,9H2,1-3H3,(H2,17,18)(H,19,21). The molecule has 1 amide bonds. The number of amides is 1. The van der Waals surface area contributed by atoms with E-state index in [4.69, 9.17) is 5.73 Å². The normalized spacial score (nSPS) is 10.5. The number of rotatable bonds is 6. The number of aromatic nitrogens is 1. The van der Waals surface area contributed by atoms with Crippen LogP contribution in [0.5, 0.6) is 0 Å². The molecule has 0 spiro atoms. The molecule has 0 saturated carbocycles. The summed E-state index contributed by atoms with van der Waals surface area (Å²) in [6.07, 6.45) is 0.241. The Hall–Kier alpha value is -2.08. The fourth-order valence-electron chi connectivity index (χ4n) is 2.34. The number of hydrogen-bond acceptors (Lipinski definition) is 5. The number of hydrogen-bond donors (Lipinski definition) is 2. The van der Waals surface area contributed by atoms with Gasteiger partial charge in [0.25, 0.3) is 0 Å². The van der Waals surface area contributed by atoms with Crippen molar-refractivity contribution in [3.05, 3.63) is 34.8 Å². The highest BCUT2D eigenvalue weighted by molar-refractivity contribution is 7.13.